The summed E-state index contributed by atoms with van der Waals surface area (Å²) in [6, 6.07) is 3.93. The Morgan fingerprint density at radius 3 is 2.82 bits per heavy atom. The van der Waals surface area contributed by atoms with Crippen molar-refractivity contribution in [2.45, 2.75) is 31.6 Å². The second kappa shape index (κ2) is 4.45. The minimum absolute atomic E-state index is 0.632. The first-order valence-electron chi connectivity index (χ1n) is 6.01. The average molecular weight is 245 g/mol. The topological polar surface area (TPSA) is 51.8 Å². The molecular formula is C13H15N3S. The first kappa shape index (κ1) is 10.7. The molecule has 3 nitrogen and oxygen atoms in total. The lowest BCUT2D eigenvalue weighted by atomic mass is 10.1. The Kier molecular flexibility index (Phi) is 2.81. The van der Waals surface area contributed by atoms with E-state index in [4.69, 9.17) is 10.7 Å². The largest absolute Gasteiger partial charge is 0.389 e. The summed E-state index contributed by atoms with van der Waals surface area (Å²) in [5.74, 6) is 0.632. The second-order valence-electron chi connectivity index (χ2n) is 4.49. The van der Waals surface area contributed by atoms with Gasteiger partial charge in [-0.25, -0.2) is 4.98 Å². The van der Waals surface area contributed by atoms with Crippen molar-refractivity contribution in [1.82, 2.24) is 9.97 Å². The molecule has 2 heterocycles. The molecule has 4 heteroatoms. The molecule has 0 unspecified atom stereocenters. The highest BCUT2D eigenvalue weighted by Gasteiger charge is 2.22. The van der Waals surface area contributed by atoms with E-state index in [1.54, 1.807) is 17.5 Å². The fraction of sp³-hybridized carbons (Fsp3) is 0.385. The smallest absolute Gasteiger partial charge is 0.114 e. The lowest BCUT2D eigenvalue weighted by Gasteiger charge is -2.02. The quantitative estimate of drug-likeness (QED) is 0.881. The second-order valence-corrected chi connectivity index (χ2v) is 5.55. The van der Waals surface area contributed by atoms with Crippen molar-refractivity contribution in [2.75, 3.05) is 5.73 Å². The van der Waals surface area contributed by atoms with Gasteiger partial charge in [0, 0.05) is 23.9 Å². The van der Waals surface area contributed by atoms with Crippen LogP contribution in [0.3, 0.4) is 0 Å². The van der Waals surface area contributed by atoms with E-state index >= 15 is 0 Å². The van der Waals surface area contributed by atoms with Gasteiger partial charge in [-0.2, -0.15) is 0 Å². The highest BCUT2D eigenvalue weighted by Crippen LogP contribution is 2.40. The minimum Gasteiger partial charge on any atom is -0.389 e. The summed E-state index contributed by atoms with van der Waals surface area (Å²) in [6.07, 6.45) is 8.77. The summed E-state index contributed by atoms with van der Waals surface area (Å²) in [7, 11) is 0. The zero-order chi connectivity index (χ0) is 11.7. The van der Waals surface area contributed by atoms with Crippen LogP contribution in [0.2, 0.25) is 0 Å². The number of pyridine rings is 1. The Labute approximate surface area is 105 Å². The van der Waals surface area contributed by atoms with Crippen LogP contribution in [0.4, 0.5) is 5.00 Å². The minimum atomic E-state index is 0.632. The van der Waals surface area contributed by atoms with Gasteiger partial charge in [0.2, 0.25) is 0 Å². The monoisotopic (exact) mass is 245 g/mol. The number of rotatable bonds is 2. The molecule has 0 spiro atoms. The molecule has 1 fully saturated rings. The maximum absolute atomic E-state index is 6.07. The number of nitrogens with zero attached hydrogens (tertiary/aromatic N) is 2. The van der Waals surface area contributed by atoms with Crippen LogP contribution in [-0.2, 0) is 0 Å². The summed E-state index contributed by atoms with van der Waals surface area (Å²) in [4.78, 5) is 8.83. The summed E-state index contributed by atoms with van der Waals surface area (Å²) < 4.78 is 0. The fourth-order valence-corrected chi connectivity index (χ4v) is 3.43. The molecule has 2 aromatic rings. The highest BCUT2D eigenvalue weighted by atomic mass is 32.1. The summed E-state index contributed by atoms with van der Waals surface area (Å²) in [6.45, 7) is 0. The molecule has 17 heavy (non-hydrogen) atoms. The molecule has 1 saturated carbocycles. The Hall–Kier alpha value is -1.42. The zero-order valence-corrected chi connectivity index (χ0v) is 10.4. The van der Waals surface area contributed by atoms with Gasteiger partial charge in [-0.05, 0) is 25.0 Å². The summed E-state index contributed by atoms with van der Waals surface area (Å²) in [5.41, 5.74) is 8.00. The standard InChI is InChI=1S/C13H15N3S/c14-12-11(10-6-3-7-15-8-10)16-13(17-12)9-4-1-2-5-9/h3,6-9H,1-2,4-5,14H2. The van der Waals surface area contributed by atoms with E-state index in [-0.39, 0.29) is 0 Å². The van der Waals surface area contributed by atoms with Gasteiger partial charge in [0.05, 0.1) is 5.01 Å². The van der Waals surface area contributed by atoms with E-state index in [1.165, 1.54) is 30.7 Å². The molecule has 0 aliphatic heterocycles. The van der Waals surface area contributed by atoms with Gasteiger partial charge in [-0.3, -0.25) is 4.98 Å². The van der Waals surface area contributed by atoms with E-state index in [2.05, 4.69) is 4.98 Å². The van der Waals surface area contributed by atoms with Crippen LogP contribution in [0.25, 0.3) is 11.3 Å². The van der Waals surface area contributed by atoms with Gasteiger partial charge in [-0.1, -0.05) is 12.8 Å². The van der Waals surface area contributed by atoms with Crippen LogP contribution >= 0.6 is 11.3 Å². The van der Waals surface area contributed by atoms with Gasteiger partial charge in [0.1, 0.15) is 10.7 Å². The van der Waals surface area contributed by atoms with Crippen molar-refractivity contribution in [3.63, 3.8) is 0 Å². The van der Waals surface area contributed by atoms with Crippen LogP contribution in [0.15, 0.2) is 24.5 Å². The van der Waals surface area contributed by atoms with Crippen LogP contribution < -0.4 is 5.73 Å². The van der Waals surface area contributed by atoms with E-state index in [0.29, 0.717) is 5.92 Å². The number of aromatic nitrogens is 2. The fourth-order valence-electron chi connectivity index (χ4n) is 2.41. The molecule has 0 saturated heterocycles. The number of nitrogen functional groups attached to an aromatic ring is 1. The number of hydrogen-bond acceptors (Lipinski definition) is 4. The molecule has 0 radical (unpaired) electrons. The molecule has 1 aliphatic rings. The molecule has 2 N–H and O–H groups in total. The molecule has 1 aliphatic carbocycles. The van der Waals surface area contributed by atoms with Crippen molar-refractivity contribution < 1.29 is 0 Å². The SMILES string of the molecule is Nc1sc(C2CCCC2)nc1-c1cccnc1. The summed E-state index contributed by atoms with van der Waals surface area (Å²) in [5, 5.41) is 2.03. The molecule has 0 amide bonds. The molecule has 0 atom stereocenters. The molecule has 88 valence electrons. The van der Waals surface area contributed by atoms with E-state index in [1.807, 2.05) is 18.3 Å². The molecule has 0 bridgehead atoms. The van der Waals surface area contributed by atoms with Crippen LogP contribution in [0.1, 0.15) is 36.6 Å². The summed E-state index contributed by atoms with van der Waals surface area (Å²) >= 11 is 1.65. The first-order chi connectivity index (χ1) is 8.34. The number of anilines is 1. The van der Waals surface area contributed by atoms with E-state index in [9.17, 15) is 0 Å². The Morgan fingerprint density at radius 1 is 1.29 bits per heavy atom. The predicted octanol–water partition coefficient (Wildman–Crippen LogP) is 3.44. The molecule has 0 aromatic carbocycles. The highest BCUT2D eigenvalue weighted by molar-refractivity contribution is 7.16. The predicted molar refractivity (Wildman–Crippen MR) is 71.0 cm³/mol. The van der Waals surface area contributed by atoms with Gasteiger partial charge >= 0.3 is 0 Å². The van der Waals surface area contributed by atoms with Gasteiger partial charge in [0.15, 0.2) is 0 Å². The number of hydrogen-bond donors (Lipinski definition) is 1. The Balaban J connectivity index is 1.96. The van der Waals surface area contributed by atoms with E-state index in [0.717, 1.165) is 16.3 Å². The molecule has 2 aromatic heterocycles. The van der Waals surface area contributed by atoms with Crippen molar-refractivity contribution >= 4 is 16.3 Å². The van der Waals surface area contributed by atoms with Crippen LogP contribution in [-0.4, -0.2) is 9.97 Å². The third-order valence-corrected chi connectivity index (χ3v) is 4.36. The average Bonchev–Trinajstić information content (AvgIpc) is 2.99. The zero-order valence-electron chi connectivity index (χ0n) is 9.60. The lowest BCUT2D eigenvalue weighted by Crippen LogP contribution is -1.91. The maximum atomic E-state index is 6.07. The van der Waals surface area contributed by atoms with Gasteiger partial charge < -0.3 is 5.73 Å². The molecule has 3 rings (SSSR count). The lowest BCUT2D eigenvalue weighted by molar-refractivity contribution is 0.717. The van der Waals surface area contributed by atoms with Crippen LogP contribution in [0.5, 0.6) is 0 Å². The maximum Gasteiger partial charge on any atom is 0.114 e. The van der Waals surface area contributed by atoms with Crippen molar-refractivity contribution in [3.05, 3.63) is 29.5 Å². The third kappa shape index (κ3) is 2.05. The van der Waals surface area contributed by atoms with Gasteiger partial charge in [0.25, 0.3) is 0 Å². The number of thiazole rings is 1. The number of nitrogens with two attached hydrogens (primary N) is 1. The Bertz CT molecular complexity index is 501. The van der Waals surface area contributed by atoms with E-state index < -0.39 is 0 Å². The van der Waals surface area contributed by atoms with Gasteiger partial charge in [-0.15, -0.1) is 11.3 Å². The van der Waals surface area contributed by atoms with Crippen molar-refractivity contribution in [3.8, 4) is 11.3 Å². The normalized spacial score (nSPS) is 16.5. The van der Waals surface area contributed by atoms with Crippen molar-refractivity contribution in [2.24, 2.45) is 0 Å². The third-order valence-electron chi connectivity index (χ3n) is 3.31. The van der Waals surface area contributed by atoms with Crippen LogP contribution in [0, 0.1) is 0 Å². The Morgan fingerprint density at radius 2 is 2.12 bits per heavy atom. The van der Waals surface area contributed by atoms with Crippen molar-refractivity contribution in [1.29, 1.82) is 0 Å². The first-order valence-corrected chi connectivity index (χ1v) is 6.83. The molecular weight excluding hydrogens is 230 g/mol.